The Balaban J connectivity index is 2.67. The van der Waals surface area contributed by atoms with E-state index in [0.717, 1.165) is 6.42 Å². The second-order valence-electron chi connectivity index (χ2n) is 5.70. The number of hydrogen-bond acceptors (Lipinski definition) is 3. The third kappa shape index (κ3) is 5.71. The largest absolute Gasteiger partial charge is 0.480 e. The molecule has 0 saturated carbocycles. The van der Waals surface area contributed by atoms with E-state index in [0.29, 0.717) is 23.8 Å². The minimum absolute atomic E-state index is 0.212. The number of rotatable bonds is 7. The molecule has 0 aliphatic carbocycles. The van der Waals surface area contributed by atoms with E-state index in [2.05, 4.69) is 19.2 Å². The number of nitrogens with one attached hydrogen (secondary N) is 1. The van der Waals surface area contributed by atoms with Crippen LogP contribution in [0.1, 0.15) is 45.7 Å². The molecule has 21 heavy (non-hydrogen) atoms. The Morgan fingerprint density at radius 3 is 2.57 bits per heavy atom. The lowest BCUT2D eigenvalue weighted by atomic mass is 10.1. The second kappa shape index (κ2) is 7.98. The molecule has 0 spiro atoms. The topological polar surface area (TPSA) is 64.3 Å². The number of nitrogens with two attached hydrogens (primary N) is 1. The molecule has 0 saturated heterocycles. The molecule has 2 unspecified atom stereocenters. The number of carbonyl (C=O) groups is 1. The summed E-state index contributed by atoms with van der Waals surface area (Å²) in [5.41, 5.74) is 6.51. The normalized spacial score (nSPS) is 13.9. The Morgan fingerprint density at radius 2 is 2.00 bits per heavy atom. The Labute approximate surface area is 125 Å². The number of ether oxygens (including phenoxy) is 1. The van der Waals surface area contributed by atoms with E-state index >= 15 is 0 Å². The van der Waals surface area contributed by atoms with Gasteiger partial charge in [0.25, 0.3) is 5.91 Å². The van der Waals surface area contributed by atoms with Crippen molar-refractivity contribution in [3.8, 4) is 5.75 Å². The molecule has 1 aromatic rings. The van der Waals surface area contributed by atoms with Gasteiger partial charge in [-0.05, 0) is 32.3 Å². The van der Waals surface area contributed by atoms with Gasteiger partial charge in [0.05, 0.1) is 0 Å². The van der Waals surface area contributed by atoms with E-state index in [4.69, 9.17) is 10.5 Å². The van der Waals surface area contributed by atoms with Crippen LogP contribution in [0.5, 0.6) is 5.75 Å². The van der Waals surface area contributed by atoms with Gasteiger partial charge in [0.1, 0.15) is 11.6 Å². The maximum atomic E-state index is 13.3. The molecule has 4 nitrogen and oxygen atoms in total. The van der Waals surface area contributed by atoms with Crippen molar-refractivity contribution < 1.29 is 13.9 Å². The molecule has 0 heterocycles. The molecule has 1 rings (SSSR count). The molecule has 5 heteroatoms. The fraction of sp³-hybridized carbons (Fsp3) is 0.562. The molecule has 0 radical (unpaired) electrons. The summed E-state index contributed by atoms with van der Waals surface area (Å²) in [5.74, 6) is 0.211. The van der Waals surface area contributed by atoms with Crippen molar-refractivity contribution in [1.29, 1.82) is 0 Å². The lowest BCUT2D eigenvalue weighted by molar-refractivity contribution is -0.127. The third-order valence-corrected chi connectivity index (χ3v) is 3.16. The van der Waals surface area contributed by atoms with Gasteiger partial charge in [-0.2, -0.15) is 0 Å². The van der Waals surface area contributed by atoms with E-state index in [1.807, 2.05) is 0 Å². The quantitative estimate of drug-likeness (QED) is 0.813. The molecule has 0 fully saturated rings. The standard InChI is InChI=1S/C16H25FN2O2/c1-10(2)7-8-19-16(20)12(4)21-15-9-13(17)5-6-14(15)11(3)18/h5-6,9-12H,7-8,18H2,1-4H3,(H,19,20). The summed E-state index contributed by atoms with van der Waals surface area (Å²) in [6.07, 6.45) is 0.209. The molecule has 0 aliphatic heterocycles. The van der Waals surface area contributed by atoms with Crippen LogP contribution in [0, 0.1) is 11.7 Å². The van der Waals surface area contributed by atoms with Crippen molar-refractivity contribution in [3.05, 3.63) is 29.6 Å². The van der Waals surface area contributed by atoms with Crippen LogP contribution < -0.4 is 15.8 Å². The van der Waals surface area contributed by atoms with Crippen LogP contribution in [0.3, 0.4) is 0 Å². The van der Waals surface area contributed by atoms with Gasteiger partial charge in [0, 0.05) is 24.2 Å². The van der Waals surface area contributed by atoms with Gasteiger partial charge in [-0.15, -0.1) is 0 Å². The summed E-state index contributed by atoms with van der Waals surface area (Å²) in [5, 5.41) is 2.81. The number of hydrogen-bond donors (Lipinski definition) is 2. The van der Waals surface area contributed by atoms with E-state index in [-0.39, 0.29) is 11.9 Å². The first-order chi connectivity index (χ1) is 9.81. The average Bonchev–Trinajstić information content (AvgIpc) is 2.37. The highest BCUT2D eigenvalue weighted by Gasteiger charge is 2.17. The first kappa shape index (κ1) is 17.4. The van der Waals surface area contributed by atoms with Gasteiger partial charge < -0.3 is 15.8 Å². The Kier molecular flexibility index (Phi) is 6.62. The maximum absolute atomic E-state index is 13.3. The monoisotopic (exact) mass is 296 g/mol. The number of benzene rings is 1. The fourth-order valence-corrected chi connectivity index (χ4v) is 1.86. The SMILES string of the molecule is CC(C)CCNC(=O)C(C)Oc1cc(F)ccc1C(C)N. The van der Waals surface area contributed by atoms with Crippen LogP contribution in [0.4, 0.5) is 4.39 Å². The van der Waals surface area contributed by atoms with E-state index in [9.17, 15) is 9.18 Å². The average molecular weight is 296 g/mol. The fourth-order valence-electron chi connectivity index (χ4n) is 1.86. The summed E-state index contributed by atoms with van der Waals surface area (Å²) in [7, 11) is 0. The highest BCUT2D eigenvalue weighted by atomic mass is 19.1. The zero-order chi connectivity index (χ0) is 16.0. The van der Waals surface area contributed by atoms with Crippen LogP contribution in [0.2, 0.25) is 0 Å². The van der Waals surface area contributed by atoms with Crippen molar-refractivity contribution in [3.63, 3.8) is 0 Å². The van der Waals surface area contributed by atoms with Crippen LogP contribution in [0.25, 0.3) is 0 Å². The summed E-state index contributed by atoms with van der Waals surface area (Å²) in [4.78, 5) is 11.9. The number of amides is 1. The maximum Gasteiger partial charge on any atom is 0.260 e. The van der Waals surface area contributed by atoms with Gasteiger partial charge in [-0.3, -0.25) is 4.79 Å². The third-order valence-electron chi connectivity index (χ3n) is 3.16. The summed E-state index contributed by atoms with van der Waals surface area (Å²) >= 11 is 0. The Hall–Kier alpha value is -1.62. The second-order valence-corrected chi connectivity index (χ2v) is 5.70. The smallest absolute Gasteiger partial charge is 0.260 e. The van der Waals surface area contributed by atoms with E-state index < -0.39 is 11.9 Å². The van der Waals surface area contributed by atoms with Crippen molar-refractivity contribution in [2.75, 3.05) is 6.54 Å². The first-order valence-corrected chi connectivity index (χ1v) is 7.30. The van der Waals surface area contributed by atoms with Gasteiger partial charge in [0.2, 0.25) is 0 Å². The lowest BCUT2D eigenvalue weighted by Crippen LogP contribution is -2.37. The minimum atomic E-state index is -0.698. The van der Waals surface area contributed by atoms with Gasteiger partial charge in [-0.1, -0.05) is 19.9 Å². The van der Waals surface area contributed by atoms with Crippen LogP contribution in [0.15, 0.2) is 18.2 Å². The van der Waals surface area contributed by atoms with Gasteiger partial charge in [-0.25, -0.2) is 4.39 Å². The first-order valence-electron chi connectivity index (χ1n) is 7.30. The molecule has 1 aromatic carbocycles. The highest BCUT2D eigenvalue weighted by Crippen LogP contribution is 2.25. The number of halogens is 1. The zero-order valence-corrected chi connectivity index (χ0v) is 13.2. The van der Waals surface area contributed by atoms with Crippen molar-refractivity contribution in [2.45, 2.75) is 46.3 Å². The molecule has 1 amide bonds. The molecule has 2 atom stereocenters. The Bertz CT molecular complexity index is 475. The molecular weight excluding hydrogens is 271 g/mol. The predicted molar refractivity (Wildman–Crippen MR) is 81.6 cm³/mol. The number of carbonyl (C=O) groups excluding carboxylic acids is 1. The van der Waals surface area contributed by atoms with Crippen LogP contribution in [-0.2, 0) is 4.79 Å². The van der Waals surface area contributed by atoms with Crippen molar-refractivity contribution >= 4 is 5.91 Å². The predicted octanol–water partition coefficient (Wildman–Crippen LogP) is 2.78. The Morgan fingerprint density at radius 1 is 1.33 bits per heavy atom. The van der Waals surface area contributed by atoms with E-state index in [1.165, 1.54) is 12.1 Å². The summed E-state index contributed by atoms with van der Waals surface area (Å²) in [6.45, 7) is 8.21. The lowest BCUT2D eigenvalue weighted by Gasteiger charge is -2.19. The molecule has 0 aromatic heterocycles. The molecule has 3 N–H and O–H groups in total. The minimum Gasteiger partial charge on any atom is -0.480 e. The summed E-state index contributed by atoms with van der Waals surface area (Å²) in [6, 6.07) is 3.88. The van der Waals surface area contributed by atoms with Gasteiger partial charge >= 0.3 is 0 Å². The zero-order valence-electron chi connectivity index (χ0n) is 13.2. The molecular formula is C16H25FN2O2. The van der Waals surface area contributed by atoms with Crippen LogP contribution >= 0.6 is 0 Å². The molecule has 0 aliphatic rings. The van der Waals surface area contributed by atoms with Crippen molar-refractivity contribution in [1.82, 2.24) is 5.32 Å². The highest BCUT2D eigenvalue weighted by molar-refractivity contribution is 5.80. The molecule has 118 valence electrons. The van der Waals surface area contributed by atoms with E-state index in [1.54, 1.807) is 19.9 Å². The van der Waals surface area contributed by atoms with Crippen molar-refractivity contribution in [2.24, 2.45) is 11.7 Å². The van der Waals surface area contributed by atoms with Crippen LogP contribution in [-0.4, -0.2) is 18.6 Å². The summed E-state index contributed by atoms with van der Waals surface area (Å²) < 4.78 is 18.9. The molecule has 0 bridgehead atoms. The van der Waals surface area contributed by atoms with Gasteiger partial charge in [0.15, 0.2) is 6.10 Å².